The molecule has 0 radical (unpaired) electrons. The van der Waals surface area contributed by atoms with Gasteiger partial charge in [-0.3, -0.25) is 19.4 Å². The Morgan fingerprint density at radius 3 is 2.35 bits per heavy atom. The number of alkyl halides is 1. The molecule has 0 spiro atoms. The predicted molar refractivity (Wildman–Crippen MR) is 126 cm³/mol. The van der Waals surface area contributed by atoms with Crippen LogP contribution in [0.4, 0.5) is 10.1 Å². The third kappa shape index (κ3) is 4.80. The maximum absolute atomic E-state index is 13.9. The second-order valence-corrected chi connectivity index (χ2v) is 10.3. The number of fused-ring (bicyclic) bond motifs is 1. The highest BCUT2D eigenvalue weighted by atomic mass is 19.1. The number of para-hydroxylation sites is 2. The summed E-state index contributed by atoms with van der Waals surface area (Å²) < 4.78 is 20.2. The van der Waals surface area contributed by atoms with E-state index in [1.54, 1.807) is 0 Å². The number of aliphatic hydroxyl groups is 1. The largest absolute Gasteiger partial charge is 0.488 e. The number of rotatable bonds is 7. The van der Waals surface area contributed by atoms with Gasteiger partial charge in [0.05, 0.1) is 29.7 Å². The molecule has 4 atom stereocenters. The van der Waals surface area contributed by atoms with Crippen LogP contribution in [0.1, 0.15) is 44.9 Å². The SMILES string of the molecule is O=C1C2CC(O)C(F)CC2C(=O)N1CCCN1CCN(c2ccccc2OC2CCCC2)CC1. The van der Waals surface area contributed by atoms with Crippen LogP contribution in [0.15, 0.2) is 24.3 Å². The number of carbonyl (C=O) groups excluding carboxylic acids is 2. The van der Waals surface area contributed by atoms with Crippen molar-refractivity contribution in [2.45, 2.75) is 63.3 Å². The first kappa shape index (κ1) is 23.5. The monoisotopic (exact) mass is 473 g/mol. The van der Waals surface area contributed by atoms with Crippen LogP contribution < -0.4 is 9.64 Å². The molecule has 0 bridgehead atoms. The number of aliphatic hydroxyl groups excluding tert-OH is 1. The molecule has 7 nitrogen and oxygen atoms in total. The number of halogens is 1. The van der Waals surface area contributed by atoms with Gasteiger partial charge >= 0.3 is 0 Å². The van der Waals surface area contributed by atoms with Crippen molar-refractivity contribution in [1.82, 2.24) is 9.80 Å². The molecule has 186 valence electrons. The van der Waals surface area contributed by atoms with Crippen LogP contribution >= 0.6 is 0 Å². The first-order chi connectivity index (χ1) is 16.5. The normalized spacial score (nSPS) is 30.8. The van der Waals surface area contributed by atoms with Crippen molar-refractivity contribution >= 4 is 17.5 Å². The molecular formula is C26H36FN3O4. The summed E-state index contributed by atoms with van der Waals surface area (Å²) in [6, 6.07) is 8.32. The number of amides is 2. The summed E-state index contributed by atoms with van der Waals surface area (Å²) in [4.78, 5) is 31.4. The van der Waals surface area contributed by atoms with Gasteiger partial charge in [-0.25, -0.2) is 4.39 Å². The molecule has 2 heterocycles. The van der Waals surface area contributed by atoms with Gasteiger partial charge in [-0.05, 0) is 63.6 Å². The van der Waals surface area contributed by atoms with Crippen LogP contribution in [0.2, 0.25) is 0 Å². The fourth-order valence-electron chi connectivity index (χ4n) is 6.08. The Kier molecular flexibility index (Phi) is 7.06. The number of carbonyl (C=O) groups is 2. The molecule has 2 saturated heterocycles. The van der Waals surface area contributed by atoms with Gasteiger partial charge in [-0.2, -0.15) is 0 Å². The quantitative estimate of drug-likeness (QED) is 0.614. The second-order valence-electron chi connectivity index (χ2n) is 10.3. The smallest absolute Gasteiger partial charge is 0.233 e. The number of benzene rings is 1. The van der Waals surface area contributed by atoms with Crippen molar-refractivity contribution in [2.24, 2.45) is 11.8 Å². The fraction of sp³-hybridized carbons (Fsp3) is 0.692. The highest BCUT2D eigenvalue weighted by molar-refractivity contribution is 6.05. The van der Waals surface area contributed by atoms with Gasteiger partial charge in [-0.1, -0.05) is 12.1 Å². The summed E-state index contributed by atoms with van der Waals surface area (Å²) >= 11 is 0. The lowest BCUT2D eigenvalue weighted by Gasteiger charge is -2.37. The lowest BCUT2D eigenvalue weighted by Crippen LogP contribution is -2.47. The molecule has 4 aliphatic rings. The molecule has 1 N–H and O–H groups in total. The molecule has 5 rings (SSSR count). The van der Waals surface area contributed by atoms with E-state index in [-0.39, 0.29) is 24.7 Å². The molecule has 2 amide bonds. The average molecular weight is 474 g/mol. The maximum Gasteiger partial charge on any atom is 0.233 e. The molecular weight excluding hydrogens is 437 g/mol. The Morgan fingerprint density at radius 2 is 1.62 bits per heavy atom. The van der Waals surface area contributed by atoms with E-state index in [0.29, 0.717) is 19.1 Å². The van der Waals surface area contributed by atoms with E-state index in [1.807, 2.05) is 6.07 Å². The Balaban J connectivity index is 1.09. The van der Waals surface area contributed by atoms with Gasteiger partial charge in [0.25, 0.3) is 0 Å². The number of likely N-dealkylation sites (tertiary alicyclic amines) is 1. The highest BCUT2D eigenvalue weighted by Crippen LogP contribution is 2.39. The molecule has 4 unspecified atom stereocenters. The molecule has 2 aliphatic heterocycles. The van der Waals surface area contributed by atoms with Crippen LogP contribution in [0.25, 0.3) is 0 Å². The minimum absolute atomic E-state index is 0.0409. The summed E-state index contributed by atoms with van der Waals surface area (Å²) in [5, 5.41) is 9.78. The number of hydrogen-bond donors (Lipinski definition) is 1. The van der Waals surface area contributed by atoms with Crippen LogP contribution in [-0.4, -0.2) is 84.4 Å². The standard InChI is InChI=1S/C26H36FN3O4/c27-21-16-19-20(17-23(21)31)26(33)30(25(19)32)11-5-10-28-12-14-29(15-13-28)22-8-3-4-9-24(22)34-18-6-1-2-7-18/h3-4,8-9,18-21,23,31H,1-2,5-7,10-17H2. The number of imide groups is 1. The highest BCUT2D eigenvalue weighted by Gasteiger charge is 2.52. The molecule has 2 aliphatic carbocycles. The van der Waals surface area contributed by atoms with E-state index < -0.39 is 24.1 Å². The third-order valence-corrected chi connectivity index (χ3v) is 8.07. The summed E-state index contributed by atoms with van der Waals surface area (Å²) in [7, 11) is 0. The molecule has 34 heavy (non-hydrogen) atoms. The molecule has 1 aromatic carbocycles. The van der Waals surface area contributed by atoms with Gasteiger partial charge < -0.3 is 14.7 Å². The van der Waals surface area contributed by atoms with Crippen LogP contribution in [0, 0.1) is 11.8 Å². The molecule has 2 saturated carbocycles. The van der Waals surface area contributed by atoms with Crippen molar-refractivity contribution < 1.29 is 23.8 Å². The summed E-state index contributed by atoms with van der Waals surface area (Å²) in [6.07, 6.45) is 3.29. The lowest BCUT2D eigenvalue weighted by atomic mass is 9.78. The Hall–Kier alpha value is -2.19. The van der Waals surface area contributed by atoms with E-state index >= 15 is 0 Å². The summed E-state index contributed by atoms with van der Waals surface area (Å²) in [6.45, 7) is 4.84. The van der Waals surface area contributed by atoms with E-state index in [1.165, 1.54) is 23.4 Å². The van der Waals surface area contributed by atoms with Gasteiger partial charge in [0.2, 0.25) is 11.8 Å². The topological polar surface area (TPSA) is 73.3 Å². The predicted octanol–water partition coefficient (Wildman–Crippen LogP) is 2.61. The van der Waals surface area contributed by atoms with E-state index in [2.05, 4.69) is 28.0 Å². The zero-order valence-electron chi connectivity index (χ0n) is 19.8. The number of piperazine rings is 1. The zero-order valence-corrected chi connectivity index (χ0v) is 19.8. The van der Waals surface area contributed by atoms with E-state index in [4.69, 9.17) is 4.74 Å². The molecule has 0 aromatic heterocycles. The maximum atomic E-state index is 13.9. The lowest BCUT2D eigenvalue weighted by molar-refractivity contribution is -0.140. The summed E-state index contributed by atoms with van der Waals surface area (Å²) in [5.74, 6) is -0.653. The van der Waals surface area contributed by atoms with E-state index in [0.717, 1.165) is 51.3 Å². The zero-order chi connectivity index (χ0) is 23.7. The number of anilines is 1. The van der Waals surface area contributed by atoms with Gasteiger partial charge in [-0.15, -0.1) is 0 Å². The first-order valence-corrected chi connectivity index (χ1v) is 12.9. The van der Waals surface area contributed by atoms with Crippen LogP contribution in [0.5, 0.6) is 5.75 Å². The molecule has 4 fully saturated rings. The van der Waals surface area contributed by atoms with Crippen molar-refractivity contribution in [3.8, 4) is 5.75 Å². The number of hydrogen-bond acceptors (Lipinski definition) is 6. The van der Waals surface area contributed by atoms with Crippen molar-refractivity contribution in [1.29, 1.82) is 0 Å². The Morgan fingerprint density at radius 1 is 0.941 bits per heavy atom. The van der Waals surface area contributed by atoms with E-state index in [9.17, 15) is 19.1 Å². The van der Waals surface area contributed by atoms with Crippen LogP contribution in [0.3, 0.4) is 0 Å². The minimum Gasteiger partial charge on any atom is -0.488 e. The van der Waals surface area contributed by atoms with Crippen molar-refractivity contribution in [3.63, 3.8) is 0 Å². The number of nitrogens with zero attached hydrogens (tertiary/aromatic N) is 3. The number of ether oxygens (including phenoxy) is 1. The van der Waals surface area contributed by atoms with Gasteiger partial charge in [0.15, 0.2) is 0 Å². The Bertz CT molecular complexity index is 857. The molecule has 8 heteroatoms. The average Bonchev–Trinajstić information content (AvgIpc) is 3.43. The fourth-order valence-corrected chi connectivity index (χ4v) is 6.08. The summed E-state index contributed by atoms with van der Waals surface area (Å²) in [5.41, 5.74) is 1.17. The van der Waals surface area contributed by atoms with Crippen LogP contribution in [-0.2, 0) is 9.59 Å². The van der Waals surface area contributed by atoms with Gasteiger partial charge in [0, 0.05) is 32.7 Å². The minimum atomic E-state index is -1.41. The van der Waals surface area contributed by atoms with Gasteiger partial charge in [0.1, 0.15) is 11.9 Å². The molecule has 1 aromatic rings. The van der Waals surface area contributed by atoms with Crippen molar-refractivity contribution in [3.05, 3.63) is 24.3 Å². The van der Waals surface area contributed by atoms with Crippen molar-refractivity contribution in [2.75, 3.05) is 44.2 Å². The Labute approximate surface area is 200 Å². The first-order valence-electron chi connectivity index (χ1n) is 12.9. The third-order valence-electron chi connectivity index (χ3n) is 8.07. The second kappa shape index (κ2) is 10.2.